The van der Waals surface area contributed by atoms with Crippen LogP contribution >= 0.6 is 0 Å². The van der Waals surface area contributed by atoms with Gasteiger partial charge < -0.3 is 19.6 Å². The van der Waals surface area contributed by atoms with Gasteiger partial charge in [-0.05, 0) is 56.5 Å². The van der Waals surface area contributed by atoms with Gasteiger partial charge in [-0.25, -0.2) is 0 Å². The Morgan fingerprint density at radius 1 is 0.947 bits per heavy atom. The number of benzene rings is 3. The van der Waals surface area contributed by atoms with Crippen molar-refractivity contribution in [3.63, 3.8) is 0 Å². The van der Waals surface area contributed by atoms with Gasteiger partial charge in [0.25, 0.3) is 0 Å². The lowest BCUT2D eigenvalue weighted by Crippen LogP contribution is -2.48. The zero-order valence-corrected chi connectivity index (χ0v) is 22.6. The minimum absolute atomic E-state index is 0.0469. The average molecular weight is 513 g/mol. The lowest BCUT2D eigenvalue weighted by Gasteiger charge is -2.48. The molecule has 3 aromatic carbocycles. The van der Waals surface area contributed by atoms with Crippen LogP contribution < -0.4 is 4.74 Å². The van der Waals surface area contributed by atoms with Crippen molar-refractivity contribution in [1.29, 1.82) is 0 Å². The van der Waals surface area contributed by atoms with E-state index in [1.54, 1.807) is 0 Å². The number of aliphatic hydroxyl groups is 1. The molecule has 5 nitrogen and oxygen atoms in total. The first-order chi connectivity index (χ1) is 18.5. The fourth-order valence-corrected chi connectivity index (χ4v) is 6.70. The van der Waals surface area contributed by atoms with Crippen LogP contribution in [-0.4, -0.2) is 67.3 Å². The molecule has 0 spiro atoms. The quantitative estimate of drug-likeness (QED) is 0.420. The third-order valence-electron chi connectivity index (χ3n) is 8.58. The molecule has 5 heteroatoms. The standard InChI is InChI=1S/C33H40N2O3/c1-34(2)20-11-21-38-31-17-10-9-12-25(31)22-32(37)35-23-28-29(24-35)33(19-18-30(28)36,26-13-5-3-6-14-26)27-15-7-4-8-16-27/h3-10,12-17,28-30,36H,11,18-24H2,1-2H3/t28-,29+,30?/m0/s1. The number of rotatable bonds is 9. The molecule has 3 atom stereocenters. The molecule has 0 radical (unpaired) electrons. The van der Waals surface area contributed by atoms with Gasteiger partial charge in [0.1, 0.15) is 5.75 Å². The normalized spacial score (nSPS) is 22.3. The SMILES string of the molecule is CN(C)CCCOc1ccccc1CC(=O)N1C[C@@H]2C(O)CCC(c3ccccc3)(c3ccccc3)[C@@H]2C1. The maximum absolute atomic E-state index is 13.7. The van der Waals surface area contributed by atoms with Crippen LogP contribution in [0, 0.1) is 11.8 Å². The molecule has 0 aromatic heterocycles. The van der Waals surface area contributed by atoms with E-state index in [4.69, 9.17) is 4.74 Å². The first-order valence-corrected chi connectivity index (χ1v) is 13.9. The molecular formula is C33H40N2O3. The smallest absolute Gasteiger partial charge is 0.227 e. The molecule has 1 heterocycles. The lowest BCUT2D eigenvalue weighted by molar-refractivity contribution is -0.129. The summed E-state index contributed by atoms with van der Waals surface area (Å²) in [5, 5.41) is 11.1. The molecule has 1 saturated carbocycles. The number of carbonyl (C=O) groups excluding carboxylic acids is 1. The van der Waals surface area contributed by atoms with Gasteiger partial charge in [0, 0.05) is 36.5 Å². The van der Waals surface area contributed by atoms with E-state index in [9.17, 15) is 9.90 Å². The molecule has 2 aliphatic rings. The number of para-hydroxylation sites is 1. The Bertz CT molecular complexity index is 1160. The Balaban J connectivity index is 1.38. The maximum atomic E-state index is 13.7. The zero-order chi connectivity index (χ0) is 26.5. The van der Waals surface area contributed by atoms with Crippen LogP contribution in [0.2, 0.25) is 0 Å². The second kappa shape index (κ2) is 11.7. The van der Waals surface area contributed by atoms with Crippen LogP contribution in [0.15, 0.2) is 84.9 Å². The predicted octanol–water partition coefficient (Wildman–Crippen LogP) is 4.78. The van der Waals surface area contributed by atoms with Crippen molar-refractivity contribution in [3.8, 4) is 5.75 Å². The van der Waals surface area contributed by atoms with Gasteiger partial charge in [-0.2, -0.15) is 0 Å². The van der Waals surface area contributed by atoms with Gasteiger partial charge in [0.15, 0.2) is 0 Å². The van der Waals surface area contributed by atoms with Gasteiger partial charge in [-0.15, -0.1) is 0 Å². The largest absolute Gasteiger partial charge is 0.493 e. The molecule has 38 heavy (non-hydrogen) atoms. The molecule has 1 amide bonds. The summed E-state index contributed by atoms with van der Waals surface area (Å²) in [6.07, 6.45) is 2.45. The monoisotopic (exact) mass is 512 g/mol. The topological polar surface area (TPSA) is 53.0 Å². The fourth-order valence-electron chi connectivity index (χ4n) is 6.70. The van der Waals surface area contributed by atoms with Gasteiger partial charge >= 0.3 is 0 Å². The van der Waals surface area contributed by atoms with Crippen molar-refractivity contribution in [2.45, 2.75) is 37.2 Å². The fraction of sp³-hybridized carbons (Fsp3) is 0.424. The van der Waals surface area contributed by atoms with E-state index in [0.29, 0.717) is 26.1 Å². The Labute approximate surface area is 227 Å². The summed E-state index contributed by atoms with van der Waals surface area (Å²) in [5.74, 6) is 1.09. The molecule has 2 fully saturated rings. The third-order valence-corrected chi connectivity index (χ3v) is 8.58. The minimum Gasteiger partial charge on any atom is -0.493 e. The van der Waals surface area contributed by atoms with E-state index < -0.39 is 6.10 Å². The second-order valence-electron chi connectivity index (χ2n) is 11.2. The van der Waals surface area contributed by atoms with Crippen LogP contribution in [-0.2, 0) is 16.6 Å². The Morgan fingerprint density at radius 2 is 1.58 bits per heavy atom. The van der Waals surface area contributed by atoms with Crippen molar-refractivity contribution in [1.82, 2.24) is 9.80 Å². The van der Waals surface area contributed by atoms with Crippen LogP contribution in [0.25, 0.3) is 0 Å². The van der Waals surface area contributed by atoms with E-state index in [-0.39, 0.29) is 23.2 Å². The summed E-state index contributed by atoms with van der Waals surface area (Å²) in [6, 6.07) is 29.3. The lowest BCUT2D eigenvalue weighted by atomic mass is 9.56. The number of hydrogen-bond acceptors (Lipinski definition) is 4. The van der Waals surface area contributed by atoms with Crippen LogP contribution in [0.4, 0.5) is 0 Å². The summed E-state index contributed by atoms with van der Waals surface area (Å²) < 4.78 is 6.07. The highest BCUT2D eigenvalue weighted by molar-refractivity contribution is 5.80. The molecule has 3 aromatic rings. The van der Waals surface area contributed by atoms with Gasteiger partial charge in [-0.1, -0.05) is 78.9 Å². The van der Waals surface area contributed by atoms with Crippen molar-refractivity contribution in [2.24, 2.45) is 11.8 Å². The maximum Gasteiger partial charge on any atom is 0.227 e. The molecule has 1 saturated heterocycles. The molecule has 1 aliphatic carbocycles. The van der Waals surface area contributed by atoms with Gasteiger partial charge in [0.2, 0.25) is 5.91 Å². The Hall–Kier alpha value is -3.15. The van der Waals surface area contributed by atoms with E-state index in [0.717, 1.165) is 37.1 Å². The summed E-state index contributed by atoms with van der Waals surface area (Å²) in [6.45, 7) is 2.83. The van der Waals surface area contributed by atoms with Crippen LogP contribution in [0.1, 0.15) is 36.0 Å². The predicted molar refractivity (Wildman–Crippen MR) is 151 cm³/mol. The number of fused-ring (bicyclic) bond motifs is 1. The van der Waals surface area contributed by atoms with Gasteiger partial charge in [0.05, 0.1) is 19.1 Å². The molecule has 1 N–H and O–H groups in total. The molecule has 1 aliphatic heterocycles. The van der Waals surface area contributed by atoms with E-state index in [1.807, 2.05) is 29.2 Å². The summed E-state index contributed by atoms with van der Waals surface area (Å²) >= 11 is 0. The summed E-state index contributed by atoms with van der Waals surface area (Å²) in [4.78, 5) is 17.8. The van der Waals surface area contributed by atoms with E-state index in [2.05, 4.69) is 79.7 Å². The number of ether oxygens (including phenoxy) is 1. The Morgan fingerprint density at radius 3 is 2.24 bits per heavy atom. The average Bonchev–Trinajstić information content (AvgIpc) is 3.41. The number of nitrogens with zero attached hydrogens (tertiary/aromatic N) is 2. The van der Waals surface area contributed by atoms with E-state index in [1.165, 1.54) is 11.1 Å². The summed E-state index contributed by atoms with van der Waals surface area (Å²) in [5.41, 5.74) is 3.25. The number of aliphatic hydroxyl groups excluding tert-OH is 1. The highest BCUT2D eigenvalue weighted by atomic mass is 16.5. The van der Waals surface area contributed by atoms with Crippen molar-refractivity contribution >= 4 is 5.91 Å². The van der Waals surface area contributed by atoms with Crippen molar-refractivity contribution in [2.75, 3.05) is 40.3 Å². The molecule has 200 valence electrons. The number of carbonyl (C=O) groups is 1. The summed E-state index contributed by atoms with van der Waals surface area (Å²) in [7, 11) is 4.11. The van der Waals surface area contributed by atoms with Gasteiger partial charge in [-0.3, -0.25) is 4.79 Å². The first kappa shape index (κ1) is 26.5. The zero-order valence-electron chi connectivity index (χ0n) is 22.6. The first-order valence-electron chi connectivity index (χ1n) is 13.9. The minimum atomic E-state index is -0.398. The van der Waals surface area contributed by atoms with Crippen molar-refractivity contribution < 1.29 is 14.6 Å². The molecule has 5 rings (SSSR count). The van der Waals surface area contributed by atoms with Crippen LogP contribution in [0.3, 0.4) is 0 Å². The molecular weight excluding hydrogens is 472 g/mol. The molecule has 0 bridgehead atoms. The Kier molecular flexibility index (Phi) is 8.15. The second-order valence-corrected chi connectivity index (χ2v) is 11.2. The third kappa shape index (κ3) is 5.36. The number of likely N-dealkylation sites (tertiary alicyclic amines) is 1. The van der Waals surface area contributed by atoms with E-state index >= 15 is 0 Å². The van der Waals surface area contributed by atoms with Crippen LogP contribution in [0.5, 0.6) is 5.75 Å². The van der Waals surface area contributed by atoms with Crippen molar-refractivity contribution in [3.05, 3.63) is 102 Å². The number of amides is 1. The number of hydrogen-bond donors (Lipinski definition) is 1. The highest BCUT2D eigenvalue weighted by Crippen LogP contribution is 2.53. The highest BCUT2D eigenvalue weighted by Gasteiger charge is 2.55. The molecule has 1 unspecified atom stereocenters.